The van der Waals surface area contributed by atoms with Crippen LogP contribution in [0.4, 0.5) is 4.39 Å². The van der Waals surface area contributed by atoms with Crippen molar-refractivity contribution in [2.45, 2.75) is 18.9 Å². The Labute approximate surface area is 131 Å². The third-order valence-electron chi connectivity index (χ3n) is 3.81. The van der Waals surface area contributed by atoms with Gasteiger partial charge in [0.1, 0.15) is 11.6 Å². The number of benzene rings is 1. The van der Waals surface area contributed by atoms with Crippen molar-refractivity contribution in [2.75, 3.05) is 13.2 Å². The Kier molecular flexibility index (Phi) is 4.36. The van der Waals surface area contributed by atoms with Crippen LogP contribution in [0, 0.1) is 5.82 Å². The summed E-state index contributed by atoms with van der Waals surface area (Å²) in [5, 5.41) is 0. The highest BCUT2D eigenvalue weighted by molar-refractivity contribution is 5.78. The van der Waals surface area contributed by atoms with Crippen LogP contribution in [-0.2, 0) is 4.79 Å². The maximum atomic E-state index is 12.8. The van der Waals surface area contributed by atoms with Crippen LogP contribution in [0.1, 0.15) is 24.6 Å². The standard InChI is InChI=1S/C16H16FN3O3/c17-11-3-5-12(6-4-11)23-10-15(21)20-9-1-2-14(20)13-7-8-18-16(22)19-13/h3-8,14H,1-2,9-10H2,(H,18,19,22)/t14-/m0/s1. The number of amides is 1. The number of likely N-dealkylation sites (tertiary alicyclic amines) is 1. The van der Waals surface area contributed by atoms with E-state index in [4.69, 9.17) is 4.74 Å². The third-order valence-corrected chi connectivity index (χ3v) is 3.81. The number of hydrogen-bond acceptors (Lipinski definition) is 4. The zero-order valence-corrected chi connectivity index (χ0v) is 12.4. The average Bonchev–Trinajstić information content (AvgIpc) is 3.04. The maximum absolute atomic E-state index is 12.8. The van der Waals surface area contributed by atoms with Crippen LogP contribution < -0.4 is 10.4 Å². The van der Waals surface area contributed by atoms with E-state index in [0.29, 0.717) is 18.0 Å². The highest BCUT2D eigenvalue weighted by atomic mass is 19.1. The molecule has 1 amide bonds. The van der Waals surface area contributed by atoms with E-state index in [-0.39, 0.29) is 24.4 Å². The second-order valence-electron chi connectivity index (χ2n) is 5.32. The van der Waals surface area contributed by atoms with E-state index in [2.05, 4.69) is 9.97 Å². The van der Waals surface area contributed by atoms with Crippen molar-refractivity contribution in [1.29, 1.82) is 0 Å². The highest BCUT2D eigenvalue weighted by Crippen LogP contribution is 2.30. The molecule has 7 heteroatoms. The van der Waals surface area contributed by atoms with Crippen LogP contribution >= 0.6 is 0 Å². The fourth-order valence-corrected chi connectivity index (χ4v) is 2.72. The van der Waals surface area contributed by atoms with Gasteiger partial charge in [0.05, 0.1) is 6.04 Å². The zero-order chi connectivity index (χ0) is 16.2. The minimum absolute atomic E-state index is 0.128. The summed E-state index contributed by atoms with van der Waals surface area (Å²) >= 11 is 0. The number of ether oxygens (including phenoxy) is 1. The average molecular weight is 317 g/mol. The van der Waals surface area contributed by atoms with E-state index in [9.17, 15) is 14.0 Å². The minimum atomic E-state index is -0.427. The third kappa shape index (κ3) is 3.56. The first-order valence-electron chi connectivity index (χ1n) is 7.36. The predicted octanol–water partition coefficient (Wildman–Crippen LogP) is 1.65. The van der Waals surface area contributed by atoms with E-state index < -0.39 is 5.69 Å². The van der Waals surface area contributed by atoms with Crippen LogP contribution in [0.5, 0.6) is 5.75 Å². The second kappa shape index (κ2) is 6.60. The lowest BCUT2D eigenvalue weighted by Gasteiger charge is -2.24. The Morgan fingerprint density at radius 1 is 1.35 bits per heavy atom. The van der Waals surface area contributed by atoms with Crippen LogP contribution in [0.25, 0.3) is 0 Å². The summed E-state index contributed by atoms with van der Waals surface area (Å²) < 4.78 is 18.2. The van der Waals surface area contributed by atoms with Crippen molar-refractivity contribution in [1.82, 2.24) is 14.9 Å². The van der Waals surface area contributed by atoms with Gasteiger partial charge >= 0.3 is 5.69 Å². The van der Waals surface area contributed by atoms with E-state index in [1.54, 1.807) is 11.0 Å². The van der Waals surface area contributed by atoms with Gasteiger partial charge in [0.15, 0.2) is 6.61 Å². The molecule has 2 aromatic rings. The Morgan fingerprint density at radius 2 is 2.13 bits per heavy atom. The van der Waals surface area contributed by atoms with E-state index in [1.807, 2.05) is 0 Å². The molecule has 0 spiro atoms. The molecule has 0 bridgehead atoms. The predicted molar refractivity (Wildman–Crippen MR) is 80.4 cm³/mol. The Hall–Kier alpha value is -2.70. The molecule has 1 N–H and O–H groups in total. The number of H-pyrrole nitrogens is 1. The molecular formula is C16H16FN3O3. The fourth-order valence-electron chi connectivity index (χ4n) is 2.72. The topological polar surface area (TPSA) is 75.3 Å². The molecule has 0 unspecified atom stereocenters. The lowest BCUT2D eigenvalue weighted by Crippen LogP contribution is -2.35. The number of carbonyl (C=O) groups is 1. The van der Waals surface area contributed by atoms with Crippen molar-refractivity contribution < 1.29 is 13.9 Å². The van der Waals surface area contributed by atoms with Gasteiger partial charge in [0.2, 0.25) is 0 Å². The van der Waals surface area contributed by atoms with Gasteiger partial charge in [-0.3, -0.25) is 4.79 Å². The number of hydrogen-bond donors (Lipinski definition) is 1. The van der Waals surface area contributed by atoms with Crippen molar-refractivity contribution in [3.8, 4) is 5.75 Å². The van der Waals surface area contributed by atoms with Gasteiger partial charge in [0, 0.05) is 18.4 Å². The fraction of sp³-hybridized carbons (Fsp3) is 0.312. The molecule has 23 heavy (non-hydrogen) atoms. The van der Waals surface area contributed by atoms with Gasteiger partial charge in [-0.05, 0) is 43.2 Å². The number of aromatic amines is 1. The number of rotatable bonds is 4. The Balaban J connectivity index is 1.66. The summed E-state index contributed by atoms with van der Waals surface area (Å²) in [6, 6.07) is 7.04. The summed E-state index contributed by atoms with van der Waals surface area (Å²) in [7, 11) is 0. The molecule has 0 radical (unpaired) electrons. The first kappa shape index (κ1) is 15.2. The molecule has 1 aliphatic heterocycles. The number of carbonyl (C=O) groups excluding carboxylic acids is 1. The Bertz CT molecular complexity index is 745. The lowest BCUT2D eigenvalue weighted by atomic mass is 10.1. The van der Waals surface area contributed by atoms with Crippen molar-refractivity contribution >= 4 is 5.91 Å². The molecular weight excluding hydrogens is 301 g/mol. The molecule has 1 saturated heterocycles. The number of halogens is 1. The van der Waals surface area contributed by atoms with Crippen LogP contribution in [0.3, 0.4) is 0 Å². The molecule has 3 rings (SSSR count). The summed E-state index contributed by atoms with van der Waals surface area (Å²) in [5.74, 6) is -0.0905. The zero-order valence-electron chi connectivity index (χ0n) is 12.4. The van der Waals surface area contributed by atoms with E-state index >= 15 is 0 Å². The highest BCUT2D eigenvalue weighted by Gasteiger charge is 2.30. The van der Waals surface area contributed by atoms with Crippen molar-refractivity contribution in [2.24, 2.45) is 0 Å². The minimum Gasteiger partial charge on any atom is -0.484 e. The number of nitrogens with zero attached hydrogens (tertiary/aromatic N) is 2. The maximum Gasteiger partial charge on any atom is 0.345 e. The van der Waals surface area contributed by atoms with Crippen molar-refractivity contribution in [3.05, 3.63) is 58.5 Å². The quantitative estimate of drug-likeness (QED) is 0.930. The molecule has 1 aliphatic rings. The largest absolute Gasteiger partial charge is 0.484 e. The molecule has 1 fully saturated rings. The van der Waals surface area contributed by atoms with Gasteiger partial charge in [-0.15, -0.1) is 0 Å². The molecule has 1 aromatic heterocycles. The molecule has 120 valence electrons. The van der Waals surface area contributed by atoms with Gasteiger partial charge in [-0.2, -0.15) is 0 Å². The van der Waals surface area contributed by atoms with Gasteiger partial charge in [-0.1, -0.05) is 0 Å². The molecule has 6 nitrogen and oxygen atoms in total. The summed E-state index contributed by atoms with van der Waals surface area (Å²) in [6.45, 7) is 0.484. The normalized spacial score (nSPS) is 17.3. The molecule has 2 heterocycles. The van der Waals surface area contributed by atoms with Gasteiger partial charge < -0.3 is 14.6 Å². The first-order chi connectivity index (χ1) is 11.1. The Morgan fingerprint density at radius 3 is 2.87 bits per heavy atom. The smallest absolute Gasteiger partial charge is 0.345 e. The van der Waals surface area contributed by atoms with Crippen LogP contribution in [0.15, 0.2) is 41.3 Å². The molecule has 1 aromatic carbocycles. The summed E-state index contributed by atoms with van der Waals surface area (Å²) in [5.41, 5.74) is 0.252. The van der Waals surface area contributed by atoms with Crippen LogP contribution in [0.2, 0.25) is 0 Å². The summed E-state index contributed by atoms with van der Waals surface area (Å²) in [6.07, 6.45) is 3.07. The second-order valence-corrected chi connectivity index (χ2v) is 5.32. The van der Waals surface area contributed by atoms with Crippen LogP contribution in [-0.4, -0.2) is 33.9 Å². The van der Waals surface area contributed by atoms with E-state index in [1.165, 1.54) is 30.5 Å². The lowest BCUT2D eigenvalue weighted by molar-refractivity contribution is -0.134. The molecule has 1 atom stereocenters. The molecule has 0 saturated carbocycles. The van der Waals surface area contributed by atoms with Gasteiger partial charge in [0.25, 0.3) is 5.91 Å². The monoisotopic (exact) mass is 317 g/mol. The summed E-state index contributed by atoms with van der Waals surface area (Å²) in [4.78, 5) is 31.7. The number of aromatic nitrogens is 2. The molecule has 0 aliphatic carbocycles. The SMILES string of the molecule is O=C(COc1ccc(F)cc1)N1CCC[C@H]1c1ccnc(=O)[nH]1. The first-order valence-corrected chi connectivity index (χ1v) is 7.36. The van der Waals surface area contributed by atoms with E-state index in [0.717, 1.165) is 12.8 Å². The van der Waals surface area contributed by atoms with Crippen molar-refractivity contribution in [3.63, 3.8) is 0 Å². The van der Waals surface area contributed by atoms with Gasteiger partial charge in [-0.25, -0.2) is 14.2 Å². The number of nitrogens with one attached hydrogen (secondary N) is 1.